The van der Waals surface area contributed by atoms with Gasteiger partial charge >= 0.3 is 0 Å². The van der Waals surface area contributed by atoms with E-state index in [1.54, 1.807) is 0 Å². The van der Waals surface area contributed by atoms with E-state index in [9.17, 15) is 4.79 Å². The Morgan fingerprint density at radius 1 is 1.04 bits per heavy atom. The molecule has 2 aromatic carbocycles. The minimum Gasteiger partial charge on any atom is -0.325 e. The molecule has 4 rings (SSSR count). The number of hydrogen-bond acceptors (Lipinski definition) is 4. The first kappa shape index (κ1) is 18.9. The molecule has 0 aromatic heterocycles. The van der Waals surface area contributed by atoms with Crippen molar-refractivity contribution in [2.75, 3.05) is 11.1 Å². The Morgan fingerprint density at radius 3 is 2.54 bits per heavy atom. The maximum atomic E-state index is 12.6. The normalized spacial score (nSPS) is 17.5. The molecule has 0 bridgehead atoms. The van der Waals surface area contributed by atoms with Crippen molar-refractivity contribution in [3.8, 4) is 0 Å². The van der Waals surface area contributed by atoms with E-state index in [4.69, 9.17) is 9.98 Å². The molecule has 0 saturated heterocycles. The molecule has 5 heteroatoms. The topological polar surface area (TPSA) is 53.8 Å². The van der Waals surface area contributed by atoms with Gasteiger partial charge in [0.1, 0.15) is 5.04 Å². The van der Waals surface area contributed by atoms with Crippen molar-refractivity contribution >= 4 is 34.1 Å². The highest BCUT2D eigenvalue weighted by Crippen LogP contribution is 2.40. The van der Waals surface area contributed by atoms with Crippen molar-refractivity contribution in [3.05, 3.63) is 65.2 Å². The average Bonchev–Trinajstić information content (AvgIpc) is 3.31. The molecule has 1 amide bonds. The number of thioether (sulfide) groups is 1. The van der Waals surface area contributed by atoms with Gasteiger partial charge in [-0.1, -0.05) is 54.2 Å². The van der Waals surface area contributed by atoms with E-state index < -0.39 is 0 Å². The SMILES string of the molecule is Cc1cccc(NC(=O)CSC2=NC3(CCCC3)N=C2c2ccccc2)c1C. The Bertz CT molecular complexity index is 944. The van der Waals surface area contributed by atoms with E-state index in [1.165, 1.54) is 30.2 Å². The summed E-state index contributed by atoms with van der Waals surface area (Å²) < 4.78 is 0. The van der Waals surface area contributed by atoms with Crippen molar-refractivity contribution in [2.24, 2.45) is 9.98 Å². The molecule has 0 unspecified atom stereocenters. The molecule has 0 radical (unpaired) electrons. The number of nitrogens with zero attached hydrogens (tertiary/aromatic N) is 2. The molecule has 1 fully saturated rings. The van der Waals surface area contributed by atoms with Gasteiger partial charge < -0.3 is 5.32 Å². The molecule has 2 aliphatic rings. The molecular formula is C23H25N3OS. The highest BCUT2D eigenvalue weighted by Gasteiger charge is 2.39. The second kappa shape index (κ2) is 7.92. The van der Waals surface area contributed by atoms with Crippen molar-refractivity contribution < 1.29 is 4.79 Å². The van der Waals surface area contributed by atoms with Crippen molar-refractivity contribution in [1.82, 2.24) is 0 Å². The van der Waals surface area contributed by atoms with Crippen LogP contribution in [0.3, 0.4) is 0 Å². The fraction of sp³-hybridized carbons (Fsp3) is 0.348. The molecule has 2 aromatic rings. The van der Waals surface area contributed by atoms with E-state index in [0.717, 1.165) is 40.4 Å². The lowest BCUT2D eigenvalue weighted by Gasteiger charge is -2.14. The molecule has 1 aliphatic heterocycles. The fourth-order valence-electron chi connectivity index (χ4n) is 3.78. The lowest BCUT2D eigenvalue weighted by molar-refractivity contribution is -0.113. The number of carbonyl (C=O) groups is 1. The predicted octanol–water partition coefficient (Wildman–Crippen LogP) is 5.15. The van der Waals surface area contributed by atoms with Crippen LogP contribution in [-0.4, -0.2) is 28.1 Å². The van der Waals surface area contributed by atoms with Crippen LogP contribution in [0.2, 0.25) is 0 Å². The number of benzene rings is 2. The van der Waals surface area contributed by atoms with Crippen LogP contribution in [0, 0.1) is 13.8 Å². The van der Waals surface area contributed by atoms with Crippen LogP contribution in [0.25, 0.3) is 0 Å². The van der Waals surface area contributed by atoms with E-state index in [2.05, 4.69) is 30.4 Å². The molecule has 1 spiro atoms. The molecule has 28 heavy (non-hydrogen) atoms. The summed E-state index contributed by atoms with van der Waals surface area (Å²) in [6.45, 7) is 4.08. The Hall–Kier alpha value is -2.40. The van der Waals surface area contributed by atoms with E-state index in [0.29, 0.717) is 5.75 Å². The van der Waals surface area contributed by atoms with Gasteiger partial charge in [0.25, 0.3) is 0 Å². The average molecular weight is 392 g/mol. The van der Waals surface area contributed by atoms with E-state index in [-0.39, 0.29) is 11.6 Å². The van der Waals surface area contributed by atoms with Crippen LogP contribution in [-0.2, 0) is 4.79 Å². The molecule has 144 valence electrons. The highest BCUT2D eigenvalue weighted by atomic mass is 32.2. The standard InChI is InChI=1S/C23H25N3OS/c1-16-9-8-12-19(17(16)2)24-20(27)15-28-22-21(18-10-4-3-5-11-18)25-23(26-22)13-6-7-14-23/h3-5,8-12H,6-7,13-15H2,1-2H3,(H,24,27). The second-order valence-corrected chi connectivity index (χ2v) is 8.48. The summed E-state index contributed by atoms with van der Waals surface area (Å²) in [5.41, 5.74) is 4.88. The summed E-state index contributed by atoms with van der Waals surface area (Å²) >= 11 is 1.49. The molecule has 1 N–H and O–H groups in total. The minimum atomic E-state index is -0.295. The van der Waals surface area contributed by atoms with Gasteiger partial charge in [-0.2, -0.15) is 0 Å². The largest absolute Gasteiger partial charge is 0.325 e. The van der Waals surface area contributed by atoms with Crippen LogP contribution in [0.5, 0.6) is 0 Å². The van der Waals surface area contributed by atoms with Gasteiger partial charge in [-0.3, -0.25) is 9.79 Å². The van der Waals surface area contributed by atoms with Crippen molar-refractivity contribution in [3.63, 3.8) is 0 Å². The molecular weight excluding hydrogens is 366 g/mol. The molecule has 1 heterocycles. The first-order valence-corrected chi connectivity index (χ1v) is 10.8. The lowest BCUT2D eigenvalue weighted by Crippen LogP contribution is -2.18. The summed E-state index contributed by atoms with van der Waals surface area (Å²) in [5.74, 6) is 0.315. The zero-order chi connectivity index (χ0) is 19.6. The fourth-order valence-corrected chi connectivity index (χ4v) is 4.65. The second-order valence-electron chi connectivity index (χ2n) is 7.52. The third-order valence-corrected chi connectivity index (χ3v) is 6.47. The molecule has 4 nitrogen and oxygen atoms in total. The van der Waals surface area contributed by atoms with Crippen molar-refractivity contribution in [1.29, 1.82) is 0 Å². The van der Waals surface area contributed by atoms with Gasteiger partial charge in [0.2, 0.25) is 5.91 Å². The summed E-state index contributed by atoms with van der Waals surface area (Å²) in [7, 11) is 0. The zero-order valence-electron chi connectivity index (χ0n) is 16.4. The van der Waals surface area contributed by atoms with Gasteiger partial charge in [0.15, 0.2) is 5.66 Å². The number of carbonyl (C=O) groups excluding carboxylic acids is 1. The summed E-state index contributed by atoms with van der Waals surface area (Å²) in [5, 5.41) is 3.93. The third-order valence-electron chi connectivity index (χ3n) is 5.50. The van der Waals surface area contributed by atoms with E-state index in [1.807, 2.05) is 37.3 Å². The zero-order valence-corrected chi connectivity index (χ0v) is 17.2. The number of nitrogens with one attached hydrogen (secondary N) is 1. The summed E-state index contributed by atoms with van der Waals surface area (Å²) in [6.07, 6.45) is 4.34. The van der Waals surface area contributed by atoms with Crippen LogP contribution >= 0.6 is 11.8 Å². The number of aryl methyl sites for hydroxylation is 1. The van der Waals surface area contributed by atoms with E-state index >= 15 is 0 Å². The van der Waals surface area contributed by atoms with Gasteiger partial charge in [-0.15, -0.1) is 0 Å². The number of amides is 1. The van der Waals surface area contributed by atoms with Gasteiger partial charge in [-0.25, -0.2) is 4.99 Å². The highest BCUT2D eigenvalue weighted by molar-refractivity contribution is 8.16. The van der Waals surface area contributed by atoms with Gasteiger partial charge in [0.05, 0.1) is 11.5 Å². The third kappa shape index (κ3) is 3.90. The molecule has 1 aliphatic carbocycles. The minimum absolute atomic E-state index is 0.0128. The quantitative estimate of drug-likeness (QED) is 0.784. The van der Waals surface area contributed by atoms with Crippen molar-refractivity contribution in [2.45, 2.75) is 45.2 Å². The summed E-state index contributed by atoms with van der Waals surface area (Å²) in [6, 6.07) is 16.2. The lowest BCUT2D eigenvalue weighted by atomic mass is 10.1. The van der Waals surface area contributed by atoms with Crippen LogP contribution in [0.4, 0.5) is 5.69 Å². The number of hydrogen-bond donors (Lipinski definition) is 1. The first-order chi connectivity index (χ1) is 13.6. The molecule has 0 atom stereocenters. The smallest absolute Gasteiger partial charge is 0.234 e. The Kier molecular flexibility index (Phi) is 5.36. The first-order valence-electron chi connectivity index (χ1n) is 9.81. The summed E-state index contributed by atoms with van der Waals surface area (Å²) in [4.78, 5) is 22.6. The predicted molar refractivity (Wildman–Crippen MR) is 119 cm³/mol. The van der Waals surface area contributed by atoms with Crippen LogP contribution < -0.4 is 5.32 Å². The van der Waals surface area contributed by atoms with Crippen LogP contribution in [0.15, 0.2) is 58.5 Å². The number of rotatable bonds is 4. The maximum absolute atomic E-state index is 12.6. The Labute approximate surface area is 170 Å². The monoisotopic (exact) mass is 391 g/mol. The maximum Gasteiger partial charge on any atom is 0.234 e. The Balaban J connectivity index is 1.49. The number of anilines is 1. The van der Waals surface area contributed by atoms with Gasteiger partial charge in [0, 0.05) is 11.3 Å². The number of aliphatic imine (C=N–C) groups is 2. The molecule has 1 saturated carbocycles. The van der Waals surface area contributed by atoms with Gasteiger partial charge in [-0.05, 0) is 56.7 Å². The Morgan fingerprint density at radius 2 is 1.79 bits per heavy atom. The van der Waals surface area contributed by atoms with Crippen LogP contribution in [0.1, 0.15) is 42.4 Å².